The van der Waals surface area contributed by atoms with Gasteiger partial charge in [0.25, 0.3) is 0 Å². The van der Waals surface area contributed by atoms with Crippen molar-refractivity contribution in [1.82, 2.24) is 10.0 Å². The number of rotatable bonds is 14. The highest BCUT2D eigenvalue weighted by Gasteiger charge is 2.54. The molecule has 0 saturated carbocycles. The van der Waals surface area contributed by atoms with Gasteiger partial charge >= 0.3 is 0 Å². The number of amides is 2. The lowest BCUT2D eigenvalue weighted by molar-refractivity contribution is -0.191. The topological polar surface area (TPSA) is 57.7 Å². The second-order valence-corrected chi connectivity index (χ2v) is 11.2. The maximum atomic E-state index is 13.3. The van der Waals surface area contributed by atoms with Gasteiger partial charge in [0.1, 0.15) is 5.78 Å². The van der Waals surface area contributed by atoms with Gasteiger partial charge in [-0.3, -0.25) is 14.4 Å². The van der Waals surface area contributed by atoms with E-state index < -0.39 is 5.54 Å². The van der Waals surface area contributed by atoms with Crippen LogP contribution >= 0.6 is 0 Å². The van der Waals surface area contributed by atoms with E-state index in [1.165, 1.54) is 56.4 Å². The number of hydrogen-bond acceptors (Lipinski definition) is 4. The zero-order chi connectivity index (χ0) is 23.8. The fourth-order valence-electron chi connectivity index (χ4n) is 5.71. The van der Waals surface area contributed by atoms with Gasteiger partial charge in [-0.05, 0) is 38.5 Å². The van der Waals surface area contributed by atoms with Crippen LogP contribution in [0.3, 0.4) is 0 Å². The van der Waals surface area contributed by atoms with Crippen LogP contribution in [-0.2, 0) is 14.4 Å². The number of Topliss-reactive ketones (excluding diaryl/α,β-unsaturated/α-hetero) is 1. The summed E-state index contributed by atoms with van der Waals surface area (Å²) < 4.78 is 0. The predicted molar refractivity (Wildman–Crippen MR) is 130 cm³/mol. The molecule has 0 radical (unpaired) electrons. The third-order valence-electron chi connectivity index (χ3n) is 8.16. The molecule has 32 heavy (non-hydrogen) atoms. The monoisotopic (exact) mass is 448 g/mol. The number of carbonyl (C=O) groups is 3. The largest absolute Gasteiger partial charge is 0.300 e. The second-order valence-electron chi connectivity index (χ2n) is 11.2. The fraction of sp³-hybridized carbons (Fsp3) is 0.889. The van der Waals surface area contributed by atoms with Crippen molar-refractivity contribution in [2.45, 2.75) is 136 Å². The molecule has 2 heterocycles. The van der Waals surface area contributed by atoms with Crippen molar-refractivity contribution >= 4 is 17.6 Å². The summed E-state index contributed by atoms with van der Waals surface area (Å²) in [5.41, 5.74) is -0.666. The average Bonchev–Trinajstić information content (AvgIpc) is 2.98. The minimum atomic E-state index is -0.519. The molecule has 2 unspecified atom stereocenters. The normalized spacial score (nSPS) is 26.2. The predicted octanol–water partition coefficient (Wildman–Crippen LogP) is 6.45. The SMILES string of the molecule is CCCCCCCCCCCCC1CC(=O)N(N2CCCC(C)(C)C2(C)CC(C)=O)C1=O. The lowest BCUT2D eigenvalue weighted by Crippen LogP contribution is -2.66. The molecule has 2 rings (SSSR count). The average molecular weight is 449 g/mol. The van der Waals surface area contributed by atoms with E-state index >= 15 is 0 Å². The van der Waals surface area contributed by atoms with Crippen LogP contribution in [0.2, 0.25) is 0 Å². The van der Waals surface area contributed by atoms with Gasteiger partial charge in [-0.1, -0.05) is 85.0 Å². The molecule has 2 atom stereocenters. The van der Waals surface area contributed by atoms with Crippen LogP contribution in [0.4, 0.5) is 0 Å². The van der Waals surface area contributed by atoms with Crippen molar-refractivity contribution in [1.29, 1.82) is 0 Å². The molecule has 2 aliphatic heterocycles. The van der Waals surface area contributed by atoms with Crippen LogP contribution in [0.25, 0.3) is 0 Å². The van der Waals surface area contributed by atoms with Crippen molar-refractivity contribution in [3.05, 3.63) is 0 Å². The zero-order valence-electron chi connectivity index (χ0n) is 21.5. The minimum absolute atomic E-state index is 0.0431. The molecule has 2 amide bonds. The van der Waals surface area contributed by atoms with Gasteiger partial charge in [-0.25, -0.2) is 10.0 Å². The molecular formula is C27H48N2O3. The molecule has 5 heteroatoms. The Bertz CT molecular complexity index is 645. The molecular weight excluding hydrogens is 400 g/mol. The van der Waals surface area contributed by atoms with Crippen LogP contribution < -0.4 is 0 Å². The van der Waals surface area contributed by atoms with Gasteiger partial charge in [0, 0.05) is 25.3 Å². The van der Waals surface area contributed by atoms with E-state index in [-0.39, 0.29) is 28.9 Å². The van der Waals surface area contributed by atoms with Gasteiger partial charge in [-0.15, -0.1) is 0 Å². The second kappa shape index (κ2) is 12.3. The highest BCUT2D eigenvalue weighted by atomic mass is 16.2. The smallest absolute Gasteiger partial charge is 0.247 e. The Morgan fingerprint density at radius 2 is 1.50 bits per heavy atom. The Hall–Kier alpha value is -1.23. The van der Waals surface area contributed by atoms with E-state index in [2.05, 4.69) is 27.7 Å². The Morgan fingerprint density at radius 3 is 2.06 bits per heavy atom. The number of imide groups is 1. The Labute approximate surface area is 196 Å². The van der Waals surface area contributed by atoms with Crippen LogP contribution in [0.5, 0.6) is 0 Å². The summed E-state index contributed by atoms with van der Waals surface area (Å²) in [4.78, 5) is 38.3. The summed E-state index contributed by atoms with van der Waals surface area (Å²) in [6, 6.07) is 0. The summed E-state index contributed by atoms with van der Waals surface area (Å²) in [5.74, 6) is -0.213. The number of piperidine rings is 1. The minimum Gasteiger partial charge on any atom is -0.300 e. The summed E-state index contributed by atoms with van der Waals surface area (Å²) in [5, 5.41) is 3.39. The highest BCUT2D eigenvalue weighted by Crippen LogP contribution is 2.47. The third-order valence-corrected chi connectivity index (χ3v) is 8.16. The molecule has 2 fully saturated rings. The Morgan fingerprint density at radius 1 is 0.938 bits per heavy atom. The number of hydrogen-bond donors (Lipinski definition) is 0. The van der Waals surface area contributed by atoms with Crippen molar-refractivity contribution in [2.24, 2.45) is 11.3 Å². The molecule has 0 aromatic rings. The van der Waals surface area contributed by atoms with E-state index in [1.807, 2.05) is 5.01 Å². The van der Waals surface area contributed by atoms with Crippen molar-refractivity contribution in [3.63, 3.8) is 0 Å². The Balaban J connectivity index is 1.85. The maximum Gasteiger partial charge on any atom is 0.247 e. The molecule has 0 aromatic carbocycles. The molecule has 2 aliphatic rings. The zero-order valence-corrected chi connectivity index (χ0v) is 21.5. The lowest BCUT2D eigenvalue weighted by atomic mass is 9.65. The summed E-state index contributed by atoms with van der Waals surface area (Å²) in [6.45, 7) is 10.9. The fourth-order valence-corrected chi connectivity index (χ4v) is 5.71. The van der Waals surface area contributed by atoms with Crippen LogP contribution in [0.1, 0.15) is 131 Å². The van der Waals surface area contributed by atoms with Gasteiger partial charge in [0.05, 0.1) is 5.54 Å². The molecule has 184 valence electrons. The quantitative estimate of drug-likeness (QED) is 0.226. The van der Waals surface area contributed by atoms with E-state index in [4.69, 9.17) is 0 Å². The maximum absolute atomic E-state index is 13.3. The molecule has 0 bridgehead atoms. The first-order valence-electron chi connectivity index (χ1n) is 13.3. The van der Waals surface area contributed by atoms with Gasteiger partial charge in [0.2, 0.25) is 11.8 Å². The molecule has 0 spiro atoms. The molecule has 0 aliphatic carbocycles. The first-order valence-corrected chi connectivity index (χ1v) is 13.3. The molecule has 0 aromatic heterocycles. The van der Waals surface area contributed by atoms with Crippen LogP contribution in [0.15, 0.2) is 0 Å². The van der Waals surface area contributed by atoms with Crippen molar-refractivity contribution in [3.8, 4) is 0 Å². The van der Waals surface area contributed by atoms with Crippen LogP contribution in [-0.4, -0.2) is 39.7 Å². The first-order chi connectivity index (χ1) is 15.1. The number of nitrogens with zero attached hydrogens (tertiary/aromatic N) is 2. The molecule has 5 nitrogen and oxygen atoms in total. The number of unbranched alkanes of at least 4 members (excludes halogenated alkanes) is 9. The van der Waals surface area contributed by atoms with Crippen molar-refractivity contribution < 1.29 is 14.4 Å². The summed E-state index contributed by atoms with van der Waals surface area (Å²) in [6.07, 6.45) is 16.1. The van der Waals surface area contributed by atoms with Gasteiger partial charge in [-0.2, -0.15) is 0 Å². The number of carbonyl (C=O) groups excluding carboxylic acids is 3. The molecule has 0 N–H and O–H groups in total. The van der Waals surface area contributed by atoms with E-state index in [1.54, 1.807) is 6.92 Å². The first kappa shape index (κ1) is 27.0. The number of ketones is 1. The van der Waals surface area contributed by atoms with E-state index in [9.17, 15) is 14.4 Å². The van der Waals surface area contributed by atoms with Gasteiger partial charge < -0.3 is 0 Å². The third kappa shape index (κ3) is 6.65. The van der Waals surface area contributed by atoms with Crippen LogP contribution in [0, 0.1) is 11.3 Å². The van der Waals surface area contributed by atoms with Crippen molar-refractivity contribution in [2.75, 3.05) is 6.54 Å². The lowest BCUT2D eigenvalue weighted by Gasteiger charge is -2.56. The summed E-state index contributed by atoms with van der Waals surface area (Å²) >= 11 is 0. The highest BCUT2D eigenvalue weighted by molar-refractivity contribution is 6.03. The van der Waals surface area contributed by atoms with E-state index in [0.29, 0.717) is 19.4 Å². The van der Waals surface area contributed by atoms with E-state index in [0.717, 1.165) is 32.1 Å². The standard InChI is InChI=1S/C27H48N2O3/c1-6-7-8-9-10-11-12-13-14-15-17-23-20-24(31)29(25(23)32)28-19-16-18-26(3,4)27(28,5)21-22(2)30/h23H,6-21H2,1-5H3. The summed E-state index contributed by atoms with van der Waals surface area (Å²) in [7, 11) is 0. The number of hydrazine groups is 1. The molecule has 2 saturated heterocycles. The Kier molecular flexibility index (Phi) is 10.4. The van der Waals surface area contributed by atoms with Gasteiger partial charge in [0.15, 0.2) is 0 Å².